The van der Waals surface area contributed by atoms with E-state index in [1.165, 1.54) is 30.0 Å². The number of hydrogen-bond donors (Lipinski definition) is 1. The van der Waals surface area contributed by atoms with E-state index in [0.29, 0.717) is 5.69 Å². The van der Waals surface area contributed by atoms with Gasteiger partial charge in [-0.15, -0.1) is 8.78 Å². The number of benzene rings is 2. The van der Waals surface area contributed by atoms with E-state index in [1.54, 1.807) is 0 Å². The highest BCUT2D eigenvalue weighted by Crippen LogP contribution is 2.42. The molecule has 2 heterocycles. The molecule has 144 valence electrons. The largest absolute Gasteiger partial charge is 0.586 e. The van der Waals surface area contributed by atoms with Gasteiger partial charge in [0.1, 0.15) is 0 Å². The summed E-state index contributed by atoms with van der Waals surface area (Å²) in [6.45, 7) is 4.01. The van der Waals surface area contributed by atoms with Crippen molar-refractivity contribution in [2.45, 2.75) is 25.2 Å². The number of para-hydroxylation sites is 1. The van der Waals surface area contributed by atoms with Crippen molar-refractivity contribution in [2.75, 3.05) is 11.1 Å². The molecule has 0 bridgehead atoms. The summed E-state index contributed by atoms with van der Waals surface area (Å²) in [5.74, 6) is -0.324. The van der Waals surface area contributed by atoms with Crippen molar-refractivity contribution in [3.05, 3.63) is 53.6 Å². The number of aryl methyl sites for hydroxylation is 2. The number of rotatable bonds is 4. The molecule has 0 unspecified atom stereocenters. The van der Waals surface area contributed by atoms with Gasteiger partial charge in [0.05, 0.1) is 16.3 Å². The van der Waals surface area contributed by atoms with Gasteiger partial charge in [-0.2, -0.15) is 0 Å². The summed E-state index contributed by atoms with van der Waals surface area (Å²) in [7, 11) is 0. The maximum atomic E-state index is 13.1. The van der Waals surface area contributed by atoms with Crippen molar-refractivity contribution in [3.8, 4) is 11.5 Å². The molecule has 0 aliphatic carbocycles. The van der Waals surface area contributed by atoms with Gasteiger partial charge in [-0.25, -0.2) is 4.98 Å². The molecule has 1 N–H and O–H groups in total. The lowest BCUT2D eigenvalue weighted by atomic mass is 10.1. The molecule has 4 rings (SSSR count). The van der Waals surface area contributed by atoms with E-state index in [2.05, 4.69) is 19.8 Å². The number of alkyl halides is 2. The van der Waals surface area contributed by atoms with Gasteiger partial charge >= 0.3 is 6.29 Å². The predicted molar refractivity (Wildman–Crippen MR) is 103 cm³/mol. The molecule has 0 spiro atoms. The smallest absolute Gasteiger partial charge is 0.395 e. The summed E-state index contributed by atoms with van der Waals surface area (Å²) in [6.07, 6.45) is -3.68. The zero-order valence-electron chi connectivity index (χ0n) is 15.1. The summed E-state index contributed by atoms with van der Waals surface area (Å²) >= 11 is 1.31. The molecule has 0 saturated carbocycles. The van der Waals surface area contributed by atoms with Crippen LogP contribution in [0.25, 0.3) is 10.9 Å². The maximum Gasteiger partial charge on any atom is 0.586 e. The molecule has 0 atom stereocenters. The van der Waals surface area contributed by atoms with Gasteiger partial charge in [-0.1, -0.05) is 30.0 Å². The number of carbonyl (C=O) groups is 1. The predicted octanol–water partition coefficient (Wildman–Crippen LogP) is 4.90. The molecule has 8 heteroatoms. The highest BCUT2D eigenvalue weighted by molar-refractivity contribution is 7.99. The molecule has 1 aromatic heterocycles. The zero-order valence-corrected chi connectivity index (χ0v) is 15.9. The minimum absolute atomic E-state index is 0.0661. The summed E-state index contributed by atoms with van der Waals surface area (Å²) in [6, 6.07) is 12.1. The summed E-state index contributed by atoms with van der Waals surface area (Å²) < 4.78 is 34.9. The lowest BCUT2D eigenvalue weighted by Gasteiger charge is -2.09. The quantitative estimate of drug-likeness (QED) is 0.629. The van der Waals surface area contributed by atoms with Crippen LogP contribution >= 0.6 is 11.8 Å². The molecule has 3 aromatic rings. The van der Waals surface area contributed by atoms with Crippen LogP contribution in [0, 0.1) is 13.8 Å². The topological polar surface area (TPSA) is 60.5 Å². The van der Waals surface area contributed by atoms with Gasteiger partial charge in [-0.05, 0) is 43.2 Å². The number of pyridine rings is 1. The average Bonchev–Trinajstić information content (AvgIpc) is 2.94. The van der Waals surface area contributed by atoms with Gasteiger partial charge in [0.15, 0.2) is 11.5 Å². The fourth-order valence-corrected chi connectivity index (χ4v) is 3.74. The monoisotopic (exact) mass is 402 g/mol. The molecule has 0 radical (unpaired) electrons. The molecule has 0 saturated heterocycles. The SMILES string of the molecule is Cc1cc(SCC(=O)Nc2ccc3c(c2)OC(F)(F)O3)nc2c(C)cccc12. The van der Waals surface area contributed by atoms with Gasteiger partial charge in [0, 0.05) is 17.1 Å². The molecular weight excluding hydrogens is 386 g/mol. The number of carbonyl (C=O) groups excluding carboxylic acids is 1. The molecule has 28 heavy (non-hydrogen) atoms. The summed E-state index contributed by atoms with van der Waals surface area (Å²) in [5, 5.41) is 4.50. The van der Waals surface area contributed by atoms with Crippen LogP contribution in [0.2, 0.25) is 0 Å². The van der Waals surface area contributed by atoms with Gasteiger partial charge in [0.25, 0.3) is 0 Å². The van der Waals surface area contributed by atoms with E-state index in [-0.39, 0.29) is 23.2 Å². The number of amides is 1. The van der Waals surface area contributed by atoms with Crippen molar-refractivity contribution < 1.29 is 23.0 Å². The lowest BCUT2D eigenvalue weighted by Crippen LogP contribution is -2.25. The van der Waals surface area contributed by atoms with E-state index >= 15 is 0 Å². The maximum absolute atomic E-state index is 13.1. The molecule has 1 amide bonds. The van der Waals surface area contributed by atoms with E-state index in [0.717, 1.165) is 27.1 Å². The van der Waals surface area contributed by atoms with Crippen LogP contribution in [0.1, 0.15) is 11.1 Å². The Morgan fingerprint density at radius 3 is 2.71 bits per heavy atom. The van der Waals surface area contributed by atoms with Crippen molar-refractivity contribution in [1.82, 2.24) is 4.98 Å². The Kier molecular flexibility index (Phi) is 4.58. The van der Waals surface area contributed by atoms with Crippen molar-refractivity contribution >= 4 is 34.3 Å². The van der Waals surface area contributed by atoms with Gasteiger partial charge < -0.3 is 14.8 Å². The third kappa shape index (κ3) is 3.73. The number of aromatic nitrogens is 1. The minimum Gasteiger partial charge on any atom is -0.395 e. The van der Waals surface area contributed by atoms with E-state index in [4.69, 9.17) is 0 Å². The number of ether oxygens (including phenoxy) is 2. The Morgan fingerprint density at radius 1 is 1.11 bits per heavy atom. The molecule has 2 aromatic carbocycles. The summed E-state index contributed by atoms with van der Waals surface area (Å²) in [4.78, 5) is 16.9. The Morgan fingerprint density at radius 2 is 1.89 bits per heavy atom. The van der Waals surface area contributed by atoms with Crippen LogP contribution in [0.3, 0.4) is 0 Å². The first-order chi connectivity index (χ1) is 13.3. The van der Waals surface area contributed by atoms with E-state index in [1.807, 2.05) is 38.1 Å². The molecule has 0 fully saturated rings. The Labute approximate surface area is 164 Å². The van der Waals surface area contributed by atoms with Gasteiger partial charge in [-0.3, -0.25) is 4.79 Å². The number of thioether (sulfide) groups is 1. The average molecular weight is 402 g/mol. The summed E-state index contributed by atoms with van der Waals surface area (Å²) in [5.41, 5.74) is 3.43. The zero-order chi connectivity index (χ0) is 19.9. The van der Waals surface area contributed by atoms with Crippen LogP contribution in [0.15, 0.2) is 47.5 Å². The van der Waals surface area contributed by atoms with Crippen LogP contribution < -0.4 is 14.8 Å². The Balaban J connectivity index is 1.43. The Hall–Kier alpha value is -2.87. The fraction of sp³-hybridized carbons (Fsp3) is 0.200. The van der Waals surface area contributed by atoms with Crippen LogP contribution in [-0.4, -0.2) is 22.9 Å². The van der Waals surface area contributed by atoms with Crippen molar-refractivity contribution in [3.63, 3.8) is 0 Å². The number of anilines is 1. The second-order valence-electron chi connectivity index (χ2n) is 6.41. The second kappa shape index (κ2) is 6.94. The molecule has 5 nitrogen and oxygen atoms in total. The van der Waals surface area contributed by atoms with E-state index < -0.39 is 6.29 Å². The molecule has 1 aliphatic heterocycles. The Bertz CT molecular complexity index is 1090. The second-order valence-corrected chi connectivity index (χ2v) is 7.41. The van der Waals surface area contributed by atoms with Crippen LogP contribution in [0.4, 0.5) is 14.5 Å². The minimum atomic E-state index is -3.68. The van der Waals surface area contributed by atoms with Gasteiger partial charge in [0.2, 0.25) is 5.91 Å². The molecular formula is C20H16F2N2O3S. The standard InChI is InChI=1S/C20H16F2N2O3S/c1-11-4-3-5-14-12(2)8-18(24-19(11)14)28-10-17(25)23-13-6-7-15-16(9-13)27-20(21,22)26-15/h3-9H,10H2,1-2H3,(H,23,25). The van der Waals surface area contributed by atoms with E-state index in [9.17, 15) is 13.6 Å². The van der Waals surface area contributed by atoms with Crippen molar-refractivity contribution in [1.29, 1.82) is 0 Å². The number of nitrogens with zero attached hydrogens (tertiary/aromatic N) is 1. The fourth-order valence-electron chi connectivity index (χ4n) is 2.97. The third-order valence-electron chi connectivity index (χ3n) is 4.26. The molecule has 1 aliphatic rings. The van der Waals surface area contributed by atoms with Crippen LogP contribution in [-0.2, 0) is 4.79 Å². The highest BCUT2D eigenvalue weighted by atomic mass is 32.2. The lowest BCUT2D eigenvalue weighted by molar-refractivity contribution is -0.286. The normalized spacial score (nSPS) is 14.3. The third-order valence-corrected chi connectivity index (χ3v) is 5.17. The first-order valence-corrected chi connectivity index (χ1v) is 9.49. The van der Waals surface area contributed by atoms with Crippen LogP contribution in [0.5, 0.6) is 11.5 Å². The first-order valence-electron chi connectivity index (χ1n) is 8.50. The van der Waals surface area contributed by atoms with Crippen molar-refractivity contribution in [2.24, 2.45) is 0 Å². The first kappa shape index (κ1) is 18.5. The number of hydrogen-bond acceptors (Lipinski definition) is 5. The number of halogens is 2. The number of nitrogens with one attached hydrogen (secondary N) is 1. The number of fused-ring (bicyclic) bond motifs is 2. The highest BCUT2D eigenvalue weighted by Gasteiger charge is 2.43.